The Morgan fingerprint density at radius 2 is 2.05 bits per heavy atom. The minimum Gasteiger partial charge on any atom is -0.372 e. The van der Waals surface area contributed by atoms with Crippen LogP contribution in [0.15, 0.2) is 30.3 Å². The third-order valence-electron chi connectivity index (χ3n) is 2.77. The van der Waals surface area contributed by atoms with E-state index < -0.39 is 4.92 Å². The predicted octanol–water partition coefficient (Wildman–Crippen LogP) is 3.77. The number of nitrogens with two attached hydrogens (primary N) is 1. The van der Waals surface area contributed by atoms with Gasteiger partial charge in [-0.25, -0.2) is 0 Å². The zero-order chi connectivity index (χ0) is 14.7. The highest BCUT2D eigenvalue weighted by Crippen LogP contribution is 2.36. The highest BCUT2D eigenvalue weighted by Gasteiger charge is 2.21. The first-order valence-electron chi connectivity index (χ1n) is 5.78. The lowest BCUT2D eigenvalue weighted by atomic mass is 10.2. The number of para-hydroxylation sites is 1. The van der Waals surface area contributed by atoms with E-state index in [0.717, 1.165) is 4.88 Å². The van der Waals surface area contributed by atoms with Crippen LogP contribution >= 0.6 is 22.9 Å². The molecule has 0 saturated carbocycles. The van der Waals surface area contributed by atoms with Gasteiger partial charge in [0.25, 0.3) is 0 Å². The first-order valence-corrected chi connectivity index (χ1v) is 6.98. The standard InChI is InChI=1S/C12H13ClN4O2S/c1-7(10-5-6-11(13)20-10)15-8-3-2-4-9(16-14)12(8)17(18)19/h2-7,15-16H,14H2,1H3. The molecule has 6 nitrogen and oxygen atoms in total. The maximum Gasteiger partial charge on any atom is 0.316 e. The van der Waals surface area contributed by atoms with Gasteiger partial charge in [-0.3, -0.25) is 16.0 Å². The Morgan fingerprint density at radius 3 is 2.60 bits per heavy atom. The second kappa shape index (κ2) is 6.08. The molecule has 0 fully saturated rings. The molecule has 20 heavy (non-hydrogen) atoms. The Morgan fingerprint density at radius 1 is 1.35 bits per heavy atom. The van der Waals surface area contributed by atoms with Crippen molar-refractivity contribution in [2.75, 3.05) is 10.7 Å². The highest BCUT2D eigenvalue weighted by atomic mass is 35.5. The van der Waals surface area contributed by atoms with E-state index in [9.17, 15) is 10.1 Å². The first-order chi connectivity index (χ1) is 9.52. The van der Waals surface area contributed by atoms with Crippen LogP contribution in [-0.4, -0.2) is 4.92 Å². The van der Waals surface area contributed by atoms with Crippen LogP contribution in [0.5, 0.6) is 0 Å². The summed E-state index contributed by atoms with van der Waals surface area (Å²) < 4.78 is 0.681. The van der Waals surface area contributed by atoms with Crippen LogP contribution in [0.1, 0.15) is 17.8 Å². The number of hydrogen-bond acceptors (Lipinski definition) is 6. The quantitative estimate of drug-likeness (QED) is 0.444. The van der Waals surface area contributed by atoms with Crippen LogP contribution in [0.3, 0.4) is 0 Å². The van der Waals surface area contributed by atoms with E-state index >= 15 is 0 Å². The molecule has 8 heteroatoms. The third kappa shape index (κ3) is 3.01. The van der Waals surface area contributed by atoms with Crippen molar-refractivity contribution >= 4 is 40.0 Å². The van der Waals surface area contributed by atoms with Gasteiger partial charge in [-0.05, 0) is 31.2 Å². The molecule has 1 heterocycles. The van der Waals surface area contributed by atoms with E-state index in [4.69, 9.17) is 17.4 Å². The lowest BCUT2D eigenvalue weighted by molar-refractivity contribution is -0.383. The van der Waals surface area contributed by atoms with Crippen molar-refractivity contribution in [1.29, 1.82) is 0 Å². The Bertz CT molecular complexity index is 632. The number of nitrogens with one attached hydrogen (secondary N) is 2. The van der Waals surface area contributed by atoms with Crippen LogP contribution < -0.4 is 16.6 Å². The fourth-order valence-electron chi connectivity index (χ4n) is 1.84. The van der Waals surface area contributed by atoms with E-state index in [-0.39, 0.29) is 17.4 Å². The van der Waals surface area contributed by atoms with Crippen molar-refractivity contribution < 1.29 is 4.92 Å². The molecule has 1 atom stereocenters. The Kier molecular flexibility index (Phi) is 4.43. The Labute approximate surface area is 124 Å². The number of nitro groups is 1. The number of nitro benzene ring substituents is 1. The van der Waals surface area contributed by atoms with Gasteiger partial charge in [-0.1, -0.05) is 17.7 Å². The minimum absolute atomic E-state index is 0.0792. The molecule has 0 aliphatic heterocycles. The largest absolute Gasteiger partial charge is 0.372 e. The summed E-state index contributed by atoms with van der Waals surface area (Å²) in [6.07, 6.45) is 0. The van der Waals surface area contributed by atoms with Crippen LogP contribution in [0.2, 0.25) is 4.34 Å². The lowest BCUT2D eigenvalue weighted by Crippen LogP contribution is -2.12. The first kappa shape index (κ1) is 14.6. The van der Waals surface area contributed by atoms with Crippen molar-refractivity contribution in [1.82, 2.24) is 0 Å². The van der Waals surface area contributed by atoms with Gasteiger partial charge in [-0.2, -0.15) is 0 Å². The van der Waals surface area contributed by atoms with Crippen molar-refractivity contribution in [2.24, 2.45) is 5.84 Å². The topological polar surface area (TPSA) is 93.2 Å². The average Bonchev–Trinajstić information content (AvgIpc) is 2.84. The van der Waals surface area contributed by atoms with Gasteiger partial charge in [0.05, 0.1) is 15.3 Å². The van der Waals surface area contributed by atoms with E-state index in [0.29, 0.717) is 10.0 Å². The molecule has 0 saturated heterocycles. The van der Waals surface area contributed by atoms with Gasteiger partial charge in [0, 0.05) is 4.88 Å². The number of rotatable bonds is 5. The van der Waals surface area contributed by atoms with E-state index in [1.165, 1.54) is 11.3 Å². The molecule has 1 unspecified atom stereocenters. The molecule has 0 spiro atoms. The van der Waals surface area contributed by atoms with Crippen molar-refractivity contribution in [3.8, 4) is 0 Å². The Balaban J connectivity index is 2.31. The molecule has 2 rings (SSSR count). The number of benzene rings is 1. The second-order valence-electron chi connectivity index (χ2n) is 4.11. The summed E-state index contributed by atoms with van der Waals surface area (Å²) in [6, 6.07) is 8.48. The number of nitrogens with zero attached hydrogens (tertiary/aromatic N) is 1. The number of nitrogen functional groups attached to an aromatic ring is 1. The fourth-order valence-corrected chi connectivity index (χ4v) is 2.90. The molecule has 0 aliphatic carbocycles. The summed E-state index contributed by atoms with van der Waals surface area (Å²) in [6.45, 7) is 1.91. The molecule has 0 bridgehead atoms. The molecule has 1 aromatic carbocycles. The monoisotopic (exact) mass is 312 g/mol. The normalized spacial score (nSPS) is 11.9. The minimum atomic E-state index is -0.467. The van der Waals surface area contributed by atoms with Gasteiger partial charge in [-0.15, -0.1) is 11.3 Å². The fraction of sp³-hybridized carbons (Fsp3) is 0.167. The highest BCUT2D eigenvalue weighted by molar-refractivity contribution is 7.16. The molecular formula is C12H13ClN4O2S. The number of hydrazine groups is 1. The zero-order valence-electron chi connectivity index (χ0n) is 10.6. The van der Waals surface area contributed by atoms with Crippen LogP contribution in [-0.2, 0) is 0 Å². The predicted molar refractivity (Wildman–Crippen MR) is 82.3 cm³/mol. The summed E-state index contributed by atoms with van der Waals surface area (Å²) >= 11 is 7.32. The van der Waals surface area contributed by atoms with E-state index in [2.05, 4.69) is 10.7 Å². The molecule has 0 amide bonds. The van der Waals surface area contributed by atoms with Crippen LogP contribution in [0.25, 0.3) is 0 Å². The summed E-state index contributed by atoms with van der Waals surface area (Å²) in [5.74, 6) is 5.30. The number of hydrogen-bond donors (Lipinski definition) is 3. The summed E-state index contributed by atoms with van der Waals surface area (Å²) in [5, 5.41) is 14.3. The van der Waals surface area contributed by atoms with Gasteiger partial charge < -0.3 is 10.7 Å². The van der Waals surface area contributed by atoms with Gasteiger partial charge in [0.1, 0.15) is 11.4 Å². The zero-order valence-corrected chi connectivity index (χ0v) is 12.2. The van der Waals surface area contributed by atoms with Crippen molar-refractivity contribution in [3.05, 3.63) is 49.7 Å². The van der Waals surface area contributed by atoms with E-state index in [1.807, 2.05) is 13.0 Å². The van der Waals surface area contributed by atoms with Crippen molar-refractivity contribution in [2.45, 2.75) is 13.0 Å². The molecular weight excluding hydrogens is 300 g/mol. The molecule has 1 aromatic heterocycles. The maximum absolute atomic E-state index is 11.2. The van der Waals surface area contributed by atoms with Crippen molar-refractivity contribution in [3.63, 3.8) is 0 Å². The van der Waals surface area contributed by atoms with Gasteiger partial charge >= 0.3 is 5.69 Å². The average molecular weight is 313 g/mol. The molecule has 2 aromatic rings. The SMILES string of the molecule is CC(Nc1cccc(NN)c1[N+](=O)[O-])c1ccc(Cl)s1. The summed E-state index contributed by atoms with van der Waals surface area (Å²) in [4.78, 5) is 11.7. The molecule has 4 N–H and O–H groups in total. The number of halogens is 1. The molecule has 0 radical (unpaired) electrons. The van der Waals surface area contributed by atoms with Gasteiger partial charge in [0.2, 0.25) is 0 Å². The molecule has 0 aliphatic rings. The summed E-state index contributed by atoms with van der Waals surface area (Å²) in [5.41, 5.74) is 2.92. The Hall–Kier alpha value is -1.83. The van der Waals surface area contributed by atoms with Gasteiger partial charge in [0.15, 0.2) is 0 Å². The number of anilines is 2. The smallest absolute Gasteiger partial charge is 0.316 e. The van der Waals surface area contributed by atoms with E-state index in [1.54, 1.807) is 24.3 Å². The molecule has 106 valence electrons. The van der Waals surface area contributed by atoms with Crippen LogP contribution in [0.4, 0.5) is 17.1 Å². The number of thiophene rings is 1. The van der Waals surface area contributed by atoms with Crippen LogP contribution in [0, 0.1) is 10.1 Å². The summed E-state index contributed by atoms with van der Waals surface area (Å²) in [7, 11) is 0. The third-order valence-corrected chi connectivity index (χ3v) is 4.18. The second-order valence-corrected chi connectivity index (χ2v) is 5.86. The lowest BCUT2D eigenvalue weighted by Gasteiger charge is -2.15. The maximum atomic E-state index is 11.2.